The maximum atomic E-state index is 12.0. The zero-order chi connectivity index (χ0) is 16.1. The molecule has 0 aliphatic carbocycles. The first-order valence-electron chi connectivity index (χ1n) is 7.09. The Morgan fingerprint density at radius 3 is 2.68 bits per heavy atom. The summed E-state index contributed by atoms with van der Waals surface area (Å²) in [6, 6.07) is 7.56. The second-order valence-electron chi connectivity index (χ2n) is 5.22. The molecule has 0 atom stereocenters. The molecule has 2 amide bonds. The summed E-state index contributed by atoms with van der Waals surface area (Å²) in [4.78, 5) is 37.1. The van der Waals surface area contributed by atoms with E-state index in [2.05, 4.69) is 15.6 Å². The number of carbonyl (C=O) groups excluding carboxylic acids is 2. The van der Waals surface area contributed by atoms with Gasteiger partial charge in [-0.25, -0.2) is 0 Å². The van der Waals surface area contributed by atoms with E-state index in [0.29, 0.717) is 5.56 Å². The van der Waals surface area contributed by atoms with Crippen LogP contribution in [0.5, 0.6) is 0 Å². The number of carbonyl (C=O) groups is 2. The number of aromatic amines is 1. The highest BCUT2D eigenvalue weighted by molar-refractivity contribution is 5.80. The van der Waals surface area contributed by atoms with Gasteiger partial charge < -0.3 is 15.6 Å². The van der Waals surface area contributed by atoms with Gasteiger partial charge >= 0.3 is 0 Å². The number of pyridine rings is 1. The fourth-order valence-electron chi connectivity index (χ4n) is 2.14. The van der Waals surface area contributed by atoms with E-state index in [4.69, 9.17) is 0 Å². The number of hydrogen-bond donors (Lipinski definition) is 3. The second-order valence-corrected chi connectivity index (χ2v) is 5.22. The third-order valence-corrected chi connectivity index (χ3v) is 3.28. The number of fused-ring (bicyclic) bond motifs is 1. The topological polar surface area (TPSA) is 91.1 Å². The summed E-state index contributed by atoms with van der Waals surface area (Å²) in [5.41, 5.74) is 2.17. The molecule has 0 radical (unpaired) electrons. The number of aryl methyl sites for hydroxylation is 1. The van der Waals surface area contributed by atoms with Crippen molar-refractivity contribution in [3.63, 3.8) is 0 Å². The summed E-state index contributed by atoms with van der Waals surface area (Å²) >= 11 is 0. The minimum absolute atomic E-state index is 0.165. The molecule has 1 aromatic heterocycles. The fourth-order valence-corrected chi connectivity index (χ4v) is 2.14. The number of rotatable bonds is 5. The SMILES string of the molecule is CC(=O)NCCC(=O)NCc1cc2cc(C)ccc2[nH]c1=O. The largest absolute Gasteiger partial charge is 0.356 e. The van der Waals surface area contributed by atoms with Crippen LogP contribution in [0.25, 0.3) is 10.9 Å². The van der Waals surface area contributed by atoms with Gasteiger partial charge in [0.15, 0.2) is 0 Å². The van der Waals surface area contributed by atoms with E-state index in [9.17, 15) is 14.4 Å². The zero-order valence-electron chi connectivity index (χ0n) is 12.7. The third kappa shape index (κ3) is 4.18. The highest BCUT2D eigenvalue weighted by Crippen LogP contribution is 2.13. The van der Waals surface area contributed by atoms with Crippen molar-refractivity contribution in [3.05, 3.63) is 45.7 Å². The molecule has 1 aromatic carbocycles. The summed E-state index contributed by atoms with van der Waals surface area (Å²) in [6.07, 6.45) is 0.185. The Hall–Kier alpha value is -2.63. The maximum absolute atomic E-state index is 12.0. The van der Waals surface area contributed by atoms with Crippen LogP contribution < -0.4 is 16.2 Å². The van der Waals surface area contributed by atoms with Crippen molar-refractivity contribution in [3.8, 4) is 0 Å². The lowest BCUT2D eigenvalue weighted by molar-refractivity contribution is -0.121. The van der Waals surface area contributed by atoms with Gasteiger partial charge in [0.25, 0.3) is 5.56 Å². The van der Waals surface area contributed by atoms with Gasteiger partial charge in [-0.15, -0.1) is 0 Å². The van der Waals surface area contributed by atoms with Gasteiger partial charge in [0.2, 0.25) is 11.8 Å². The lowest BCUT2D eigenvalue weighted by atomic mass is 10.1. The van der Waals surface area contributed by atoms with Crippen LogP contribution in [0, 0.1) is 6.92 Å². The van der Waals surface area contributed by atoms with Crippen LogP contribution in [-0.4, -0.2) is 23.3 Å². The molecule has 3 N–H and O–H groups in total. The standard InChI is InChI=1S/C16H19N3O3/c1-10-3-4-14-12(7-10)8-13(16(22)19-14)9-18-15(21)5-6-17-11(2)20/h3-4,7-8H,5-6,9H2,1-2H3,(H,17,20)(H,18,21)(H,19,22). The van der Waals surface area contributed by atoms with Gasteiger partial charge in [-0.3, -0.25) is 14.4 Å². The lowest BCUT2D eigenvalue weighted by Crippen LogP contribution is -2.30. The average molecular weight is 301 g/mol. The molecule has 0 aliphatic heterocycles. The molecule has 0 saturated carbocycles. The quantitative estimate of drug-likeness (QED) is 0.769. The van der Waals surface area contributed by atoms with Crippen LogP contribution in [0.2, 0.25) is 0 Å². The lowest BCUT2D eigenvalue weighted by Gasteiger charge is -2.07. The Morgan fingerprint density at radius 1 is 1.18 bits per heavy atom. The number of benzene rings is 1. The molecule has 0 spiro atoms. The summed E-state index contributed by atoms with van der Waals surface area (Å²) in [7, 11) is 0. The highest BCUT2D eigenvalue weighted by Gasteiger charge is 2.06. The average Bonchev–Trinajstić information content (AvgIpc) is 2.45. The van der Waals surface area contributed by atoms with Gasteiger partial charge in [-0.05, 0) is 30.5 Å². The molecule has 0 aliphatic rings. The minimum atomic E-state index is -0.211. The van der Waals surface area contributed by atoms with E-state index in [1.54, 1.807) is 6.07 Å². The Labute approximate surface area is 127 Å². The van der Waals surface area contributed by atoms with E-state index in [-0.39, 0.29) is 36.9 Å². The van der Waals surface area contributed by atoms with Crippen LogP contribution in [0.15, 0.2) is 29.1 Å². The monoisotopic (exact) mass is 301 g/mol. The summed E-state index contributed by atoms with van der Waals surface area (Å²) in [5, 5.41) is 6.16. The number of aromatic nitrogens is 1. The predicted octanol–water partition coefficient (Wildman–Crippen LogP) is 0.979. The molecule has 0 bridgehead atoms. The molecule has 6 heteroatoms. The normalized spacial score (nSPS) is 10.5. The van der Waals surface area contributed by atoms with Crippen molar-refractivity contribution in [2.24, 2.45) is 0 Å². The van der Waals surface area contributed by atoms with Crippen LogP contribution in [0.1, 0.15) is 24.5 Å². The molecule has 116 valence electrons. The highest BCUT2D eigenvalue weighted by atomic mass is 16.2. The molecule has 0 fully saturated rings. The number of H-pyrrole nitrogens is 1. The molecule has 6 nitrogen and oxygen atoms in total. The predicted molar refractivity (Wildman–Crippen MR) is 84.5 cm³/mol. The number of hydrogen-bond acceptors (Lipinski definition) is 3. The third-order valence-electron chi connectivity index (χ3n) is 3.28. The first-order valence-corrected chi connectivity index (χ1v) is 7.09. The summed E-state index contributed by atoms with van der Waals surface area (Å²) < 4.78 is 0. The van der Waals surface area contributed by atoms with Crippen LogP contribution in [-0.2, 0) is 16.1 Å². The summed E-state index contributed by atoms with van der Waals surface area (Å²) in [6.45, 7) is 3.83. The number of nitrogens with one attached hydrogen (secondary N) is 3. The van der Waals surface area contributed by atoms with Crippen LogP contribution in [0.4, 0.5) is 0 Å². The van der Waals surface area contributed by atoms with Crippen molar-refractivity contribution in [1.82, 2.24) is 15.6 Å². The zero-order valence-corrected chi connectivity index (χ0v) is 12.7. The van der Waals surface area contributed by atoms with Gasteiger partial charge in [0.05, 0.1) is 0 Å². The van der Waals surface area contributed by atoms with Crippen LogP contribution >= 0.6 is 0 Å². The molecular formula is C16H19N3O3. The van der Waals surface area contributed by atoms with E-state index >= 15 is 0 Å². The maximum Gasteiger partial charge on any atom is 0.253 e. The van der Waals surface area contributed by atoms with Crippen molar-refractivity contribution in [2.45, 2.75) is 26.8 Å². The molecular weight excluding hydrogens is 282 g/mol. The van der Waals surface area contributed by atoms with Crippen molar-refractivity contribution in [2.75, 3.05) is 6.54 Å². The number of amides is 2. The van der Waals surface area contributed by atoms with Crippen LogP contribution in [0.3, 0.4) is 0 Å². The Kier molecular flexibility index (Phi) is 4.93. The molecule has 2 aromatic rings. The smallest absolute Gasteiger partial charge is 0.253 e. The first-order chi connectivity index (χ1) is 10.5. The van der Waals surface area contributed by atoms with Gasteiger partial charge in [0.1, 0.15) is 0 Å². The molecule has 0 unspecified atom stereocenters. The Balaban J connectivity index is 2.02. The van der Waals surface area contributed by atoms with E-state index in [0.717, 1.165) is 16.5 Å². The first kappa shape index (κ1) is 15.8. The fraction of sp³-hybridized carbons (Fsp3) is 0.312. The van der Waals surface area contributed by atoms with Gasteiger partial charge in [0, 0.05) is 37.5 Å². The van der Waals surface area contributed by atoms with Gasteiger partial charge in [-0.2, -0.15) is 0 Å². The van der Waals surface area contributed by atoms with Crippen molar-refractivity contribution in [1.29, 1.82) is 0 Å². The van der Waals surface area contributed by atoms with E-state index < -0.39 is 0 Å². The van der Waals surface area contributed by atoms with E-state index in [1.807, 2.05) is 25.1 Å². The molecule has 2 rings (SSSR count). The Bertz CT molecular complexity index is 765. The van der Waals surface area contributed by atoms with E-state index in [1.165, 1.54) is 6.92 Å². The summed E-state index contributed by atoms with van der Waals surface area (Å²) in [5.74, 6) is -0.383. The molecule has 1 heterocycles. The van der Waals surface area contributed by atoms with Gasteiger partial charge in [-0.1, -0.05) is 11.6 Å². The molecule has 0 saturated heterocycles. The Morgan fingerprint density at radius 2 is 1.95 bits per heavy atom. The minimum Gasteiger partial charge on any atom is -0.356 e. The van der Waals surface area contributed by atoms with Crippen molar-refractivity contribution < 1.29 is 9.59 Å². The van der Waals surface area contributed by atoms with Crippen molar-refractivity contribution >= 4 is 22.7 Å². The molecule has 22 heavy (non-hydrogen) atoms. The second kappa shape index (κ2) is 6.89.